The number of nitrogens with zero attached hydrogens (tertiary/aromatic N) is 2. The van der Waals surface area contributed by atoms with E-state index >= 15 is 0 Å². The number of aromatic nitrogens is 1. The van der Waals surface area contributed by atoms with Crippen LogP contribution in [0.15, 0.2) is 45.8 Å². The Morgan fingerprint density at radius 3 is 2.67 bits per heavy atom. The van der Waals surface area contributed by atoms with E-state index in [1.807, 2.05) is 0 Å². The molecule has 0 saturated carbocycles. The van der Waals surface area contributed by atoms with Crippen LogP contribution in [0.5, 0.6) is 0 Å². The smallest absolute Gasteiger partial charge is 0.335 e. The Morgan fingerprint density at radius 1 is 1.38 bits per heavy atom. The molecule has 2 rings (SSSR count). The molecule has 1 aromatic carbocycles. The molecule has 108 valence electrons. The van der Waals surface area contributed by atoms with Gasteiger partial charge in [-0.1, -0.05) is 12.1 Å². The van der Waals surface area contributed by atoms with Gasteiger partial charge < -0.3 is 9.67 Å². The van der Waals surface area contributed by atoms with Gasteiger partial charge in [0, 0.05) is 18.3 Å². The number of carboxylic acids is 1. The third kappa shape index (κ3) is 3.16. The van der Waals surface area contributed by atoms with Gasteiger partial charge in [0.1, 0.15) is 4.47 Å². The lowest BCUT2D eigenvalue weighted by Gasteiger charge is -2.08. The number of pyridine rings is 1. The van der Waals surface area contributed by atoms with E-state index in [1.165, 1.54) is 29.0 Å². The summed E-state index contributed by atoms with van der Waals surface area (Å²) in [6.07, 6.45) is 1.34. The molecular weight excluding hydrogens is 344 g/mol. The van der Waals surface area contributed by atoms with E-state index in [-0.39, 0.29) is 17.8 Å². The number of halogens is 1. The van der Waals surface area contributed by atoms with Crippen LogP contribution in [0.1, 0.15) is 15.9 Å². The van der Waals surface area contributed by atoms with Crippen molar-refractivity contribution in [2.75, 3.05) is 0 Å². The Morgan fingerprint density at radius 2 is 2.10 bits per heavy atom. The molecule has 0 bridgehead atoms. The van der Waals surface area contributed by atoms with Gasteiger partial charge in [0.05, 0.1) is 17.0 Å². The molecule has 0 unspecified atom stereocenters. The summed E-state index contributed by atoms with van der Waals surface area (Å²) in [5.74, 6) is -1.18. The fraction of sp³-hybridized carbons (Fsp3) is 0.0769. The first kappa shape index (κ1) is 14.9. The van der Waals surface area contributed by atoms with Crippen LogP contribution < -0.4 is 5.56 Å². The summed E-state index contributed by atoms with van der Waals surface area (Å²) in [6, 6.07) is 6.83. The molecule has 0 aliphatic heterocycles. The van der Waals surface area contributed by atoms with E-state index in [4.69, 9.17) is 5.11 Å². The SMILES string of the molecule is O=C(O)c1ccn(Cc2cccc([N+](=O)[O-])c2Br)c(=O)c1. The maximum atomic E-state index is 11.8. The summed E-state index contributed by atoms with van der Waals surface area (Å²) >= 11 is 3.15. The second-order valence-corrected chi connectivity index (χ2v) is 4.99. The molecule has 0 aliphatic carbocycles. The molecule has 2 aromatic rings. The highest BCUT2D eigenvalue weighted by molar-refractivity contribution is 9.10. The predicted octanol–water partition coefficient (Wildman–Crippen LogP) is 2.27. The fourth-order valence-corrected chi connectivity index (χ4v) is 2.32. The lowest BCUT2D eigenvalue weighted by Crippen LogP contribution is -2.21. The number of hydrogen-bond acceptors (Lipinski definition) is 4. The van der Waals surface area contributed by atoms with Crippen molar-refractivity contribution in [1.82, 2.24) is 4.57 Å². The summed E-state index contributed by atoms with van der Waals surface area (Å²) in [6.45, 7) is 0.0982. The Hall–Kier alpha value is -2.48. The second kappa shape index (κ2) is 5.88. The number of hydrogen-bond donors (Lipinski definition) is 1. The van der Waals surface area contributed by atoms with Crippen LogP contribution in [0.4, 0.5) is 5.69 Å². The minimum absolute atomic E-state index is 0.0947. The molecule has 0 atom stereocenters. The predicted molar refractivity (Wildman–Crippen MR) is 77.6 cm³/mol. The van der Waals surface area contributed by atoms with E-state index in [0.29, 0.717) is 10.0 Å². The largest absolute Gasteiger partial charge is 0.478 e. The minimum Gasteiger partial charge on any atom is -0.478 e. The number of nitro benzene ring substituents is 1. The number of carbonyl (C=O) groups is 1. The average molecular weight is 353 g/mol. The van der Waals surface area contributed by atoms with Gasteiger partial charge in [-0.15, -0.1) is 0 Å². The van der Waals surface area contributed by atoms with Gasteiger partial charge in [-0.25, -0.2) is 4.79 Å². The highest BCUT2D eigenvalue weighted by Gasteiger charge is 2.15. The maximum absolute atomic E-state index is 11.8. The molecule has 8 heteroatoms. The summed E-state index contributed by atoms with van der Waals surface area (Å²) in [5, 5.41) is 19.7. The number of carboxylic acid groups (broad SMARTS) is 1. The molecule has 1 aromatic heterocycles. The van der Waals surface area contributed by atoms with Gasteiger partial charge in [0.25, 0.3) is 11.2 Å². The van der Waals surface area contributed by atoms with E-state index in [1.54, 1.807) is 6.07 Å². The summed E-state index contributed by atoms with van der Waals surface area (Å²) < 4.78 is 1.57. The van der Waals surface area contributed by atoms with Crippen molar-refractivity contribution in [3.8, 4) is 0 Å². The maximum Gasteiger partial charge on any atom is 0.335 e. The molecule has 0 amide bonds. The third-order valence-electron chi connectivity index (χ3n) is 2.84. The van der Waals surface area contributed by atoms with Crippen molar-refractivity contribution < 1.29 is 14.8 Å². The Labute approximate surface area is 126 Å². The molecule has 1 heterocycles. The number of benzene rings is 1. The Bertz CT molecular complexity index is 784. The quantitative estimate of drug-likeness (QED) is 0.671. The van der Waals surface area contributed by atoms with E-state index < -0.39 is 16.5 Å². The molecule has 0 aliphatic rings. The molecule has 0 saturated heterocycles. The van der Waals surface area contributed by atoms with Gasteiger partial charge in [0.15, 0.2) is 0 Å². The van der Waals surface area contributed by atoms with Gasteiger partial charge in [-0.2, -0.15) is 0 Å². The standard InChI is InChI=1S/C13H9BrN2O5/c14-12-9(2-1-3-10(12)16(20)21)7-15-5-4-8(13(18)19)6-11(15)17/h1-6H,7H2,(H,18,19). The molecule has 0 fully saturated rings. The molecule has 21 heavy (non-hydrogen) atoms. The van der Waals surface area contributed by atoms with Gasteiger partial charge in [-0.3, -0.25) is 14.9 Å². The normalized spacial score (nSPS) is 10.3. The van der Waals surface area contributed by atoms with Gasteiger partial charge >= 0.3 is 5.97 Å². The summed E-state index contributed by atoms with van der Waals surface area (Å²) in [5.41, 5.74) is -0.139. The van der Waals surface area contributed by atoms with Crippen molar-refractivity contribution in [2.24, 2.45) is 0 Å². The molecule has 0 spiro atoms. The van der Waals surface area contributed by atoms with Crippen molar-refractivity contribution in [3.63, 3.8) is 0 Å². The van der Waals surface area contributed by atoms with Gasteiger partial charge in [0.2, 0.25) is 0 Å². The summed E-state index contributed by atoms with van der Waals surface area (Å²) in [7, 11) is 0. The zero-order valence-corrected chi connectivity index (χ0v) is 12.1. The first-order valence-electron chi connectivity index (χ1n) is 5.75. The number of rotatable bonds is 4. The van der Waals surface area contributed by atoms with E-state index in [9.17, 15) is 19.7 Å². The van der Waals surface area contributed by atoms with Crippen molar-refractivity contribution in [1.29, 1.82) is 0 Å². The zero-order chi connectivity index (χ0) is 15.6. The van der Waals surface area contributed by atoms with Crippen LogP contribution in [-0.4, -0.2) is 20.6 Å². The molecule has 1 N–H and O–H groups in total. The first-order chi connectivity index (χ1) is 9.90. The molecule has 0 radical (unpaired) electrons. The second-order valence-electron chi connectivity index (χ2n) is 4.19. The van der Waals surface area contributed by atoms with Crippen molar-refractivity contribution in [2.45, 2.75) is 6.54 Å². The van der Waals surface area contributed by atoms with Crippen molar-refractivity contribution in [3.05, 3.63) is 72.6 Å². The minimum atomic E-state index is -1.18. The lowest BCUT2D eigenvalue weighted by molar-refractivity contribution is -0.385. The highest BCUT2D eigenvalue weighted by atomic mass is 79.9. The van der Waals surface area contributed by atoms with Crippen LogP contribution in [-0.2, 0) is 6.54 Å². The van der Waals surface area contributed by atoms with Crippen LogP contribution >= 0.6 is 15.9 Å². The van der Waals surface area contributed by atoms with E-state index in [2.05, 4.69) is 15.9 Å². The fourth-order valence-electron chi connectivity index (χ4n) is 1.78. The van der Waals surface area contributed by atoms with Crippen LogP contribution in [0.2, 0.25) is 0 Å². The van der Waals surface area contributed by atoms with E-state index in [0.717, 1.165) is 6.07 Å². The van der Waals surface area contributed by atoms with Crippen molar-refractivity contribution >= 4 is 27.6 Å². The van der Waals surface area contributed by atoms with Gasteiger partial charge in [-0.05, 0) is 27.6 Å². The highest BCUT2D eigenvalue weighted by Crippen LogP contribution is 2.28. The third-order valence-corrected chi connectivity index (χ3v) is 3.75. The van der Waals surface area contributed by atoms with Crippen LogP contribution in [0.25, 0.3) is 0 Å². The topological polar surface area (TPSA) is 102 Å². The summed E-state index contributed by atoms with van der Waals surface area (Å²) in [4.78, 5) is 32.9. The first-order valence-corrected chi connectivity index (χ1v) is 6.55. The molecular formula is C13H9BrN2O5. The molecule has 7 nitrogen and oxygen atoms in total. The monoisotopic (exact) mass is 352 g/mol. The van der Waals surface area contributed by atoms with Crippen LogP contribution in [0, 0.1) is 10.1 Å². The Kier molecular flexibility index (Phi) is 4.18. The average Bonchev–Trinajstić information content (AvgIpc) is 2.42. The number of nitro groups is 1. The zero-order valence-electron chi connectivity index (χ0n) is 10.5. The Balaban J connectivity index is 2.39. The number of aromatic carboxylic acids is 1. The van der Waals surface area contributed by atoms with Crippen LogP contribution in [0.3, 0.4) is 0 Å². The lowest BCUT2D eigenvalue weighted by atomic mass is 10.2.